The molecule has 0 spiro atoms. The first-order valence-electron chi connectivity index (χ1n) is 3.80. The predicted molar refractivity (Wildman–Crippen MR) is 49.3 cm³/mol. The molecule has 0 bridgehead atoms. The Morgan fingerprint density at radius 3 is 2.69 bits per heavy atom. The molecule has 13 heavy (non-hydrogen) atoms. The molecule has 0 unspecified atom stereocenters. The van der Waals surface area contributed by atoms with E-state index in [1.807, 2.05) is 30.3 Å². The number of amides is 1. The third kappa shape index (κ3) is 3.82. The molecule has 66 valence electrons. The van der Waals surface area contributed by atoms with Crippen LogP contribution in [-0.4, -0.2) is 17.7 Å². The third-order valence-electron chi connectivity index (χ3n) is 1.33. The molecule has 0 aliphatic heterocycles. The maximum Gasteiger partial charge on any atom is 0.405 e. The number of hydrogen-bond donors (Lipinski definition) is 2. The fraction of sp³-hybridized carbons (Fsp3) is 0.100. The van der Waals surface area contributed by atoms with Gasteiger partial charge in [0.2, 0.25) is 0 Å². The maximum absolute atomic E-state index is 10.0. The highest BCUT2D eigenvalue weighted by atomic mass is 16.4. The number of benzene rings is 1. The normalized spacial score (nSPS) is 8.31. The quantitative estimate of drug-likeness (QED) is 0.632. The van der Waals surface area contributed by atoms with E-state index in [0.717, 1.165) is 5.56 Å². The van der Waals surface area contributed by atoms with E-state index in [0.29, 0.717) is 0 Å². The third-order valence-corrected chi connectivity index (χ3v) is 1.33. The molecular weight excluding hydrogens is 166 g/mol. The minimum Gasteiger partial charge on any atom is -0.465 e. The summed E-state index contributed by atoms with van der Waals surface area (Å²) in [6.45, 7) is 0.157. The minimum absolute atomic E-state index is 0.157. The maximum atomic E-state index is 10.0. The minimum atomic E-state index is -1.05. The number of carbonyl (C=O) groups is 1. The Kier molecular flexibility index (Phi) is 3.40. The van der Waals surface area contributed by atoms with Crippen molar-refractivity contribution in [3.8, 4) is 11.8 Å². The lowest BCUT2D eigenvalue weighted by atomic mass is 10.2. The molecule has 1 rings (SSSR count). The molecule has 0 radical (unpaired) electrons. The lowest BCUT2D eigenvalue weighted by molar-refractivity contribution is 0.196. The van der Waals surface area contributed by atoms with Crippen LogP contribution in [0.25, 0.3) is 0 Å². The van der Waals surface area contributed by atoms with E-state index < -0.39 is 6.09 Å². The van der Waals surface area contributed by atoms with Crippen LogP contribution in [0, 0.1) is 11.8 Å². The predicted octanol–water partition coefficient (Wildman–Crippen LogP) is 1.31. The molecule has 0 saturated heterocycles. The molecule has 1 aromatic carbocycles. The van der Waals surface area contributed by atoms with Crippen LogP contribution < -0.4 is 5.32 Å². The van der Waals surface area contributed by atoms with Crippen molar-refractivity contribution in [2.75, 3.05) is 6.54 Å². The van der Waals surface area contributed by atoms with Gasteiger partial charge in [-0.15, -0.1) is 0 Å². The van der Waals surface area contributed by atoms with Gasteiger partial charge in [0.1, 0.15) is 0 Å². The highest BCUT2D eigenvalue weighted by molar-refractivity contribution is 5.64. The van der Waals surface area contributed by atoms with Crippen LogP contribution in [0.4, 0.5) is 4.79 Å². The second kappa shape index (κ2) is 4.83. The summed E-state index contributed by atoms with van der Waals surface area (Å²) < 4.78 is 0. The van der Waals surface area contributed by atoms with Crippen LogP contribution in [0.1, 0.15) is 5.56 Å². The van der Waals surface area contributed by atoms with Crippen molar-refractivity contribution in [3.05, 3.63) is 35.9 Å². The summed E-state index contributed by atoms with van der Waals surface area (Å²) in [6.07, 6.45) is -1.05. The van der Waals surface area contributed by atoms with Gasteiger partial charge in [-0.1, -0.05) is 30.0 Å². The summed E-state index contributed by atoms with van der Waals surface area (Å²) in [5, 5.41) is 10.4. The molecule has 0 aromatic heterocycles. The topological polar surface area (TPSA) is 49.3 Å². The van der Waals surface area contributed by atoms with Crippen LogP contribution in [0.15, 0.2) is 30.3 Å². The van der Waals surface area contributed by atoms with Crippen LogP contribution >= 0.6 is 0 Å². The average Bonchev–Trinajstić information content (AvgIpc) is 2.14. The Bertz CT molecular complexity index is 335. The second-order valence-electron chi connectivity index (χ2n) is 2.33. The first kappa shape index (κ1) is 9.14. The van der Waals surface area contributed by atoms with E-state index in [1.165, 1.54) is 0 Å². The Balaban J connectivity index is 2.44. The number of hydrogen-bond acceptors (Lipinski definition) is 1. The van der Waals surface area contributed by atoms with Gasteiger partial charge in [-0.05, 0) is 12.1 Å². The zero-order valence-corrected chi connectivity index (χ0v) is 6.95. The molecule has 0 fully saturated rings. The van der Waals surface area contributed by atoms with Crippen LogP contribution in [0.5, 0.6) is 0 Å². The monoisotopic (exact) mass is 175 g/mol. The molecule has 0 atom stereocenters. The number of nitrogens with one attached hydrogen (secondary N) is 1. The van der Waals surface area contributed by atoms with Gasteiger partial charge < -0.3 is 10.4 Å². The number of rotatable bonds is 1. The van der Waals surface area contributed by atoms with Gasteiger partial charge in [0.15, 0.2) is 0 Å². The van der Waals surface area contributed by atoms with Crippen molar-refractivity contribution in [3.63, 3.8) is 0 Å². The van der Waals surface area contributed by atoms with Crippen molar-refractivity contribution < 1.29 is 9.90 Å². The molecule has 3 heteroatoms. The van der Waals surface area contributed by atoms with E-state index in [4.69, 9.17) is 5.11 Å². The van der Waals surface area contributed by atoms with Crippen molar-refractivity contribution in [2.45, 2.75) is 0 Å². The Labute approximate surface area is 76.4 Å². The fourth-order valence-corrected chi connectivity index (χ4v) is 0.788. The largest absolute Gasteiger partial charge is 0.465 e. The van der Waals surface area contributed by atoms with E-state index in [1.54, 1.807) is 0 Å². The second-order valence-corrected chi connectivity index (χ2v) is 2.33. The van der Waals surface area contributed by atoms with E-state index >= 15 is 0 Å². The van der Waals surface area contributed by atoms with E-state index in [9.17, 15) is 4.79 Å². The van der Waals surface area contributed by atoms with Crippen molar-refractivity contribution >= 4 is 6.09 Å². The molecule has 0 saturated carbocycles. The highest BCUT2D eigenvalue weighted by Gasteiger charge is 1.87. The first-order valence-corrected chi connectivity index (χ1v) is 3.80. The first-order chi connectivity index (χ1) is 6.29. The van der Waals surface area contributed by atoms with E-state index in [-0.39, 0.29) is 6.54 Å². The highest BCUT2D eigenvalue weighted by Crippen LogP contribution is 1.93. The molecule has 1 aromatic rings. The van der Waals surface area contributed by atoms with Gasteiger partial charge >= 0.3 is 6.09 Å². The van der Waals surface area contributed by atoms with Crippen LogP contribution in [0.3, 0.4) is 0 Å². The zero-order chi connectivity index (χ0) is 9.52. The van der Waals surface area contributed by atoms with Gasteiger partial charge in [0.25, 0.3) is 0 Å². The zero-order valence-electron chi connectivity index (χ0n) is 6.95. The van der Waals surface area contributed by atoms with Gasteiger partial charge in [-0.2, -0.15) is 0 Å². The lowest BCUT2D eigenvalue weighted by Crippen LogP contribution is -2.20. The molecule has 1 amide bonds. The lowest BCUT2D eigenvalue weighted by Gasteiger charge is -1.90. The Morgan fingerprint density at radius 1 is 1.38 bits per heavy atom. The van der Waals surface area contributed by atoms with Crippen molar-refractivity contribution in [1.82, 2.24) is 5.32 Å². The molecule has 0 heterocycles. The molecule has 0 aliphatic rings. The van der Waals surface area contributed by atoms with Crippen LogP contribution in [0.2, 0.25) is 0 Å². The van der Waals surface area contributed by atoms with Gasteiger partial charge in [-0.3, -0.25) is 0 Å². The van der Waals surface area contributed by atoms with E-state index in [2.05, 4.69) is 17.2 Å². The van der Waals surface area contributed by atoms with Crippen LogP contribution in [-0.2, 0) is 0 Å². The summed E-state index contributed by atoms with van der Waals surface area (Å²) in [4.78, 5) is 10.0. The smallest absolute Gasteiger partial charge is 0.405 e. The average molecular weight is 175 g/mol. The summed E-state index contributed by atoms with van der Waals surface area (Å²) in [5.41, 5.74) is 0.884. The summed E-state index contributed by atoms with van der Waals surface area (Å²) in [7, 11) is 0. The van der Waals surface area contributed by atoms with Gasteiger partial charge in [0.05, 0.1) is 6.54 Å². The standard InChI is InChI=1S/C10H9NO2/c12-10(13)11-8-4-7-9-5-2-1-3-6-9/h1-3,5-6,11H,8H2,(H,12,13). The molecule has 2 N–H and O–H groups in total. The van der Waals surface area contributed by atoms with Crippen molar-refractivity contribution in [1.29, 1.82) is 0 Å². The summed E-state index contributed by atoms with van der Waals surface area (Å²) in [5.74, 6) is 5.52. The molecule has 3 nitrogen and oxygen atoms in total. The Morgan fingerprint density at radius 2 is 2.08 bits per heavy atom. The van der Waals surface area contributed by atoms with Gasteiger partial charge in [-0.25, -0.2) is 4.79 Å². The number of carboxylic acid groups (broad SMARTS) is 1. The summed E-state index contributed by atoms with van der Waals surface area (Å²) in [6, 6.07) is 9.41. The summed E-state index contributed by atoms with van der Waals surface area (Å²) >= 11 is 0. The molecular formula is C10H9NO2. The SMILES string of the molecule is O=C(O)NCC#Cc1ccccc1. The Hall–Kier alpha value is -1.95. The molecule has 0 aliphatic carbocycles. The van der Waals surface area contributed by atoms with Gasteiger partial charge in [0, 0.05) is 5.56 Å². The fourth-order valence-electron chi connectivity index (χ4n) is 0.788. The van der Waals surface area contributed by atoms with Crippen molar-refractivity contribution in [2.24, 2.45) is 0 Å².